The molecule has 0 aliphatic carbocycles. The van der Waals surface area contributed by atoms with E-state index >= 15 is 0 Å². The van der Waals surface area contributed by atoms with E-state index in [0.29, 0.717) is 18.9 Å². The monoisotopic (exact) mass is 283 g/mol. The number of aromatic nitrogens is 1. The number of nitrogens with zero attached hydrogens (tertiary/aromatic N) is 1. The van der Waals surface area contributed by atoms with Gasteiger partial charge in [-0.3, -0.25) is 4.79 Å². The molecule has 19 heavy (non-hydrogen) atoms. The van der Waals surface area contributed by atoms with E-state index in [1.54, 1.807) is 11.3 Å². The van der Waals surface area contributed by atoms with Gasteiger partial charge in [0.05, 0.1) is 6.04 Å². The first-order chi connectivity index (χ1) is 9.06. The van der Waals surface area contributed by atoms with Gasteiger partial charge in [-0.25, -0.2) is 4.98 Å². The number of thiazole rings is 1. The molecule has 0 aliphatic rings. The second kappa shape index (κ2) is 8.27. The Morgan fingerprint density at radius 2 is 2.21 bits per heavy atom. The summed E-state index contributed by atoms with van der Waals surface area (Å²) in [6.07, 6.45) is 5.33. The highest BCUT2D eigenvalue weighted by Gasteiger charge is 2.13. The fourth-order valence-corrected chi connectivity index (χ4v) is 2.73. The molecule has 5 heteroatoms. The number of nitrogens with two attached hydrogens (primary N) is 1. The van der Waals surface area contributed by atoms with Gasteiger partial charge in [0.25, 0.3) is 0 Å². The van der Waals surface area contributed by atoms with Gasteiger partial charge in [0.2, 0.25) is 5.91 Å². The molecule has 2 atom stereocenters. The first-order valence-corrected chi connectivity index (χ1v) is 7.82. The van der Waals surface area contributed by atoms with E-state index in [-0.39, 0.29) is 11.9 Å². The van der Waals surface area contributed by atoms with Crippen LogP contribution in [0.15, 0.2) is 6.20 Å². The molecule has 108 valence electrons. The van der Waals surface area contributed by atoms with Crippen molar-refractivity contribution in [3.63, 3.8) is 0 Å². The Hall–Kier alpha value is -0.940. The van der Waals surface area contributed by atoms with Gasteiger partial charge in [0, 0.05) is 17.5 Å². The zero-order chi connectivity index (χ0) is 14.3. The fourth-order valence-electron chi connectivity index (χ4n) is 1.87. The number of aryl methyl sites for hydroxylation is 1. The molecule has 2 unspecified atom stereocenters. The van der Waals surface area contributed by atoms with Crippen LogP contribution >= 0.6 is 11.3 Å². The van der Waals surface area contributed by atoms with E-state index in [2.05, 4.69) is 24.1 Å². The molecule has 1 heterocycles. The van der Waals surface area contributed by atoms with Crippen molar-refractivity contribution in [2.24, 2.45) is 11.7 Å². The van der Waals surface area contributed by atoms with Crippen LogP contribution < -0.4 is 11.1 Å². The molecular weight excluding hydrogens is 258 g/mol. The quantitative estimate of drug-likeness (QED) is 0.770. The zero-order valence-corrected chi connectivity index (χ0v) is 12.9. The lowest BCUT2D eigenvalue weighted by Crippen LogP contribution is -2.26. The Morgan fingerprint density at radius 1 is 1.47 bits per heavy atom. The van der Waals surface area contributed by atoms with Gasteiger partial charge >= 0.3 is 0 Å². The molecule has 3 N–H and O–H groups in total. The Labute approximate surface area is 119 Å². The number of hydrogen-bond donors (Lipinski definition) is 2. The van der Waals surface area contributed by atoms with Gasteiger partial charge in [0.15, 0.2) is 0 Å². The number of carbonyl (C=O) groups is 1. The molecule has 1 amide bonds. The molecular formula is C14H25N3OS. The normalized spacial score (nSPS) is 14.1. The van der Waals surface area contributed by atoms with Crippen LogP contribution in [0.1, 0.15) is 56.0 Å². The van der Waals surface area contributed by atoms with Crippen molar-refractivity contribution >= 4 is 17.2 Å². The smallest absolute Gasteiger partial charge is 0.220 e. The SMILES string of the molecule is CCc1cnc(C(C)NC(=O)CCC(C)CCN)s1. The summed E-state index contributed by atoms with van der Waals surface area (Å²) in [6.45, 7) is 6.93. The molecule has 0 saturated heterocycles. The molecule has 0 radical (unpaired) electrons. The summed E-state index contributed by atoms with van der Waals surface area (Å²) in [5.41, 5.74) is 5.50. The van der Waals surface area contributed by atoms with Crippen molar-refractivity contribution in [3.05, 3.63) is 16.1 Å². The second-order valence-corrected chi connectivity index (χ2v) is 6.18. The molecule has 0 aromatic carbocycles. The summed E-state index contributed by atoms with van der Waals surface area (Å²) in [7, 11) is 0. The predicted molar refractivity (Wildman–Crippen MR) is 80.1 cm³/mol. The van der Waals surface area contributed by atoms with Crippen LogP contribution in [0.5, 0.6) is 0 Å². The number of nitrogens with one attached hydrogen (secondary N) is 1. The topological polar surface area (TPSA) is 68.0 Å². The maximum absolute atomic E-state index is 11.8. The largest absolute Gasteiger partial charge is 0.347 e. The Morgan fingerprint density at radius 3 is 2.79 bits per heavy atom. The molecule has 0 fully saturated rings. The summed E-state index contributed by atoms with van der Waals surface area (Å²) in [5.74, 6) is 0.613. The lowest BCUT2D eigenvalue weighted by atomic mass is 10.0. The third kappa shape index (κ3) is 5.70. The van der Waals surface area contributed by atoms with Gasteiger partial charge in [-0.1, -0.05) is 13.8 Å². The van der Waals surface area contributed by atoms with Crippen LogP contribution in [0, 0.1) is 5.92 Å². The van der Waals surface area contributed by atoms with Gasteiger partial charge in [-0.2, -0.15) is 0 Å². The van der Waals surface area contributed by atoms with Gasteiger partial charge in [-0.05, 0) is 38.6 Å². The van der Waals surface area contributed by atoms with Crippen molar-refractivity contribution in [1.29, 1.82) is 0 Å². The zero-order valence-electron chi connectivity index (χ0n) is 12.1. The summed E-state index contributed by atoms with van der Waals surface area (Å²) in [5, 5.41) is 4.00. The van der Waals surface area contributed by atoms with Gasteiger partial charge in [-0.15, -0.1) is 11.3 Å². The molecule has 0 aliphatic heterocycles. The average Bonchev–Trinajstić information content (AvgIpc) is 2.85. The van der Waals surface area contributed by atoms with Crippen molar-refractivity contribution in [2.45, 2.75) is 52.5 Å². The van der Waals surface area contributed by atoms with Crippen LogP contribution in [0.3, 0.4) is 0 Å². The van der Waals surface area contributed by atoms with Gasteiger partial charge in [0.1, 0.15) is 5.01 Å². The molecule has 4 nitrogen and oxygen atoms in total. The van der Waals surface area contributed by atoms with Crippen molar-refractivity contribution in [3.8, 4) is 0 Å². The summed E-state index contributed by atoms with van der Waals surface area (Å²) in [6, 6.07) is 0.00242. The van der Waals surface area contributed by atoms with E-state index in [9.17, 15) is 4.79 Å². The molecule has 1 aromatic heterocycles. The highest BCUT2D eigenvalue weighted by molar-refractivity contribution is 7.11. The van der Waals surface area contributed by atoms with Crippen LogP contribution in [0.2, 0.25) is 0 Å². The summed E-state index contributed by atoms with van der Waals surface area (Å²) >= 11 is 1.67. The molecule has 1 rings (SSSR count). The Balaban J connectivity index is 2.35. The van der Waals surface area contributed by atoms with Crippen molar-refractivity contribution in [1.82, 2.24) is 10.3 Å². The standard InChI is InChI=1S/C14H25N3OS/c1-4-12-9-16-14(19-12)11(3)17-13(18)6-5-10(2)7-8-15/h9-11H,4-8,15H2,1-3H3,(H,17,18). The number of carbonyl (C=O) groups excluding carboxylic acids is 1. The maximum Gasteiger partial charge on any atom is 0.220 e. The lowest BCUT2D eigenvalue weighted by molar-refractivity contribution is -0.122. The van der Waals surface area contributed by atoms with Crippen LogP contribution in [0.25, 0.3) is 0 Å². The minimum Gasteiger partial charge on any atom is -0.347 e. The van der Waals surface area contributed by atoms with Crippen LogP contribution in [-0.4, -0.2) is 17.4 Å². The predicted octanol–water partition coefficient (Wildman–Crippen LogP) is 2.65. The van der Waals surface area contributed by atoms with E-state index in [0.717, 1.165) is 24.3 Å². The Kier molecular flexibility index (Phi) is 7.02. The molecule has 0 saturated carbocycles. The summed E-state index contributed by atoms with van der Waals surface area (Å²) in [4.78, 5) is 17.5. The highest BCUT2D eigenvalue weighted by atomic mass is 32.1. The molecule has 0 spiro atoms. The number of hydrogen-bond acceptors (Lipinski definition) is 4. The van der Waals surface area contributed by atoms with E-state index in [1.807, 2.05) is 13.1 Å². The number of amides is 1. The minimum atomic E-state index is 0.00242. The summed E-state index contributed by atoms with van der Waals surface area (Å²) < 4.78 is 0. The fraction of sp³-hybridized carbons (Fsp3) is 0.714. The average molecular weight is 283 g/mol. The second-order valence-electron chi connectivity index (χ2n) is 5.03. The first-order valence-electron chi connectivity index (χ1n) is 7.00. The van der Waals surface area contributed by atoms with Crippen LogP contribution in [0.4, 0.5) is 0 Å². The lowest BCUT2D eigenvalue weighted by Gasteiger charge is -2.13. The molecule has 0 bridgehead atoms. The Bertz CT molecular complexity index is 392. The third-order valence-electron chi connectivity index (χ3n) is 3.19. The molecule has 1 aromatic rings. The van der Waals surface area contributed by atoms with Gasteiger partial charge < -0.3 is 11.1 Å². The van der Waals surface area contributed by atoms with Crippen molar-refractivity contribution in [2.75, 3.05) is 6.54 Å². The van der Waals surface area contributed by atoms with E-state index < -0.39 is 0 Å². The minimum absolute atomic E-state index is 0.00242. The first kappa shape index (κ1) is 16.1. The third-order valence-corrected chi connectivity index (χ3v) is 4.52. The number of rotatable bonds is 8. The van der Waals surface area contributed by atoms with Crippen molar-refractivity contribution < 1.29 is 4.79 Å². The van der Waals surface area contributed by atoms with E-state index in [4.69, 9.17) is 5.73 Å². The maximum atomic E-state index is 11.8. The van der Waals surface area contributed by atoms with Crippen LogP contribution in [-0.2, 0) is 11.2 Å². The highest BCUT2D eigenvalue weighted by Crippen LogP contribution is 2.20. The van der Waals surface area contributed by atoms with E-state index in [1.165, 1.54) is 4.88 Å².